The van der Waals surface area contributed by atoms with Gasteiger partial charge in [0.15, 0.2) is 0 Å². The van der Waals surface area contributed by atoms with E-state index in [2.05, 4.69) is 14.8 Å². The van der Waals surface area contributed by atoms with Crippen LogP contribution in [0, 0.1) is 0 Å². The molecule has 1 aromatic heterocycles. The summed E-state index contributed by atoms with van der Waals surface area (Å²) in [7, 11) is 0. The lowest BCUT2D eigenvalue weighted by Crippen LogP contribution is -2.38. The summed E-state index contributed by atoms with van der Waals surface area (Å²) in [6.45, 7) is 7.93. The Kier molecular flexibility index (Phi) is 11.5. The number of ether oxygens (including phenoxy) is 4. The van der Waals surface area contributed by atoms with E-state index in [1.807, 2.05) is 0 Å². The van der Waals surface area contributed by atoms with Crippen molar-refractivity contribution in [3.8, 4) is 0 Å². The summed E-state index contributed by atoms with van der Waals surface area (Å²) in [6.07, 6.45) is 0. The number of hydrogen-bond acceptors (Lipinski definition) is 9. The van der Waals surface area contributed by atoms with Gasteiger partial charge in [0.25, 0.3) is 5.56 Å². The first-order valence-electron chi connectivity index (χ1n) is 12.6. The van der Waals surface area contributed by atoms with E-state index in [0.717, 1.165) is 31.6 Å². The van der Waals surface area contributed by atoms with Crippen molar-refractivity contribution in [3.63, 3.8) is 0 Å². The van der Waals surface area contributed by atoms with E-state index >= 15 is 0 Å². The molecule has 0 radical (unpaired) electrons. The molecule has 10 nitrogen and oxygen atoms in total. The molecule has 0 bridgehead atoms. The number of morpholine rings is 2. The highest BCUT2D eigenvalue weighted by molar-refractivity contribution is 6.08. The summed E-state index contributed by atoms with van der Waals surface area (Å²) >= 11 is 0. The van der Waals surface area contributed by atoms with Crippen molar-refractivity contribution in [2.24, 2.45) is 0 Å². The minimum Gasteiger partial charge on any atom is -0.461 e. The Bertz CT molecular complexity index is 1340. The summed E-state index contributed by atoms with van der Waals surface area (Å²) < 4.78 is 21.5. The van der Waals surface area contributed by atoms with E-state index in [9.17, 15) is 14.4 Å². The normalized spacial score (nSPS) is 16.3. The molecule has 0 saturated carbocycles. The summed E-state index contributed by atoms with van der Waals surface area (Å²) in [5.41, 5.74) is 0.869. The molecule has 212 valence electrons. The summed E-state index contributed by atoms with van der Waals surface area (Å²) in [5.74, 6) is -0.906. The highest BCUT2D eigenvalue weighted by Gasteiger charge is 2.16. The molecule has 39 heavy (non-hydrogen) atoms. The maximum Gasteiger partial charge on any atom is 0.338 e. The second kappa shape index (κ2) is 14.6. The van der Waals surface area contributed by atoms with Gasteiger partial charge in [-0.3, -0.25) is 14.6 Å². The fourth-order valence-electron chi connectivity index (χ4n) is 4.64. The Balaban J connectivity index is 0.00000210. The number of carbonyl (C=O) groups excluding carboxylic acids is 2. The predicted octanol–water partition coefficient (Wildman–Crippen LogP) is 2.50. The van der Waals surface area contributed by atoms with Gasteiger partial charge in [-0.25, -0.2) is 9.59 Å². The minimum absolute atomic E-state index is 0. The molecular formula is C27H33Cl2N3O7. The average Bonchev–Trinajstić information content (AvgIpc) is 2.93. The maximum absolute atomic E-state index is 12.9. The molecule has 0 amide bonds. The lowest BCUT2D eigenvalue weighted by molar-refractivity contribution is 0.0190. The van der Waals surface area contributed by atoms with E-state index in [-0.39, 0.29) is 43.6 Å². The van der Waals surface area contributed by atoms with Crippen LogP contribution in [-0.4, -0.2) is 106 Å². The topological polar surface area (TPSA) is 110 Å². The second-order valence-electron chi connectivity index (χ2n) is 9.15. The van der Waals surface area contributed by atoms with Crippen LogP contribution in [0.25, 0.3) is 21.7 Å². The number of nitrogens with one attached hydrogen (secondary N) is 1. The minimum atomic E-state index is -0.468. The highest BCUT2D eigenvalue weighted by atomic mass is 35.5. The zero-order valence-electron chi connectivity index (χ0n) is 21.5. The molecule has 12 heteroatoms. The molecule has 1 N–H and O–H groups in total. The molecule has 5 rings (SSSR count). The van der Waals surface area contributed by atoms with Gasteiger partial charge in [0.1, 0.15) is 13.2 Å². The Morgan fingerprint density at radius 1 is 0.718 bits per heavy atom. The largest absolute Gasteiger partial charge is 0.461 e. The first-order valence-corrected chi connectivity index (χ1v) is 12.6. The number of pyridine rings is 1. The quantitative estimate of drug-likeness (QED) is 0.317. The maximum atomic E-state index is 12.9. The molecule has 2 aromatic carbocycles. The molecule has 2 aliphatic heterocycles. The highest BCUT2D eigenvalue weighted by Crippen LogP contribution is 2.24. The molecule has 0 spiro atoms. The number of carbonyl (C=O) groups is 2. The van der Waals surface area contributed by atoms with Crippen molar-refractivity contribution in [2.75, 3.05) is 78.9 Å². The molecule has 3 heterocycles. The van der Waals surface area contributed by atoms with Crippen LogP contribution >= 0.6 is 24.8 Å². The number of benzene rings is 2. The number of halogens is 2. The van der Waals surface area contributed by atoms with Crippen LogP contribution < -0.4 is 5.56 Å². The summed E-state index contributed by atoms with van der Waals surface area (Å²) in [4.78, 5) is 45.2. The molecule has 0 aliphatic carbocycles. The van der Waals surface area contributed by atoms with Crippen molar-refractivity contribution >= 4 is 58.4 Å². The van der Waals surface area contributed by atoms with E-state index in [1.54, 1.807) is 36.4 Å². The van der Waals surface area contributed by atoms with Crippen LogP contribution in [0.4, 0.5) is 0 Å². The molecule has 0 unspecified atom stereocenters. The van der Waals surface area contributed by atoms with Crippen molar-refractivity contribution in [1.29, 1.82) is 0 Å². The van der Waals surface area contributed by atoms with Crippen LogP contribution in [0.15, 0.2) is 41.2 Å². The Morgan fingerprint density at radius 3 is 1.74 bits per heavy atom. The van der Waals surface area contributed by atoms with Crippen molar-refractivity contribution < 1.29 is 28.5 Å². The van der Waals surface area contributed by atoms with Gasteiger partial charge in [-0.05, 0) is 29.7 Å². The first kappa shape index (κ1) is 30.8. The fourth-order valence-corrected chi connectivity index (χ4v) is 4.64. The predicted molar refractivity (Wildman–Crippen MR) is 152 cm³/mol. The van der Waals surface area contributed by atoms with E-state index in [1.165, 1.54) is 0 Å². The number of aromatic nitrogens is 1. The molecule has 2 aliphatic rings. The number of fused-ring (bicyclic) bond motifs is 3. The number of nitrogens with zero attached hydrogens (tertiary/aromatic N) is 2. The van der Waals surface area contributed by atoms with Gasteiger partial charge in [-0.2, -0.15) is 0 Å². The average molecular weight is 582 g/mol. The smallest absolute Gasteiger partial charge is 0.338 e. The number of aromatic amines is 1. The standard InChI is InChI=1S/C27H31N3O7.2ClH/c31-25-23-17-19(26(32)36-15-9-29-5-11-34-12-6-29)1-3-21(23)22-4-2-20(18-24(22)28-25)27(33)37-16-10-30-7-13-35-14-8-30;;/h1-4,17-18H,5-16H2,(H,28,31);2*1H. The van der Waals surface area contributed by atoms with E-state index < -0.39 is 11.9 Å². The van der Waals surface area contributed by atoms with Gasteiger partial charge in [0.2, 0.25) is 0 Å². The van der Waals surface area contributed by atoms with Crippen LogP contribution in [0.1, 0.15) is 20.7 Å². The Hall–Kier alpha value is -2.73. The Morgan fingerprint density at radius 2 is 1.21 bits per heavy atom. The van der Waals surface area contributed by atoms with E-state index in [0.29, 0.717) is 66.9 Å². The first-order chi connectivity index (χ1) is 18.1. The molecular weight excluding hydrogens is 549 g/mol. The third-order valence-corrected chi connectivity index (χ3v) is 6.78. The van der Waals surface area contributed by atoms with Gasteiger partial charge in [-0.15, -0.1) is 24.8 Å². The zero-order valence-corrected chi connectivity index (χ0v) is 23.2. The van der Waals surface area contributed by atoms with Gasteiger partial charge in [0.05, 0.1) is 37.6 Å². The zero-order chi connectivity index (χ0) is 25.6. The summed E-state index contributed by atoms with van der Waals surface area (Å²) in [5, 5.41) is 1.85. The molecule has 2 fully saturated rings. The second-order valence-corrected chi connectivity index (χ2v) is 9.15. The SMILES string of the molecule is Cl.Cl.O=C(OCCN1CCOCC1)c1ccc2c(c1)[nH]c(=O)c1cc(C(=O)OCCN3CCOCC3)ccc12. The van der Waals surface area contributed by atoms with Crippen LogP contribution in [0.3, 0.4) is 0 Å². The van der Waals surface area contributed by atoms with Crippen molar-refractivity contribution in [1.82, 2.24) is 14.8 Å². The lowest BCUT2D eigenvalue weighted by atomic mass is 10.0. The van der Waals surface area contributed by atoms with Crippen LogP contribution in [0.5, 0.6) is 0 Å². The Labute approximate surface area is 238 Å². The third kappa shape index (κ3) is 7.69. The number of rotatable bonds is 8. The molecule has 3 aromatic rings. The molecule has 0 atom stereocenters. The molecule has 2 saturated heterocycles. The fraction of sp³-hybridized carbons (Fsp3) is 0.444. The van der Waals surface area contributed by atoms with Gasteiger partial charge >= 0.3 is 11.9 Å². The van der Waals surface area contributed by atoms with E-state index in [4.69, 9.17) is 18.9 Å². The van der Waals surface area contributed by atoms with Gasteiger partial charge in [-0.1, -0.05) is 12.1 Å². The van der Waals surface area contributed by atoms with Crippen LogP contribution in [-0.2, 0) is 18.9 Å². The van der Waals surface area contributed by atoms with Crippen LogP contribution in [0.2, 0.25) is 0 Å². The lowest BCUT2D eigenvalue weighted by Gasteiger charge is -2.26. The monoisotopic (exact) mass is 581 g/mol. The van der Waals surface area contributed by atoms with Gasteiger partial charge < -0.3 is 23.9 Å². The van der Waals surface area contributed by atoms with Gasteiger partial charge in [0, 0.05) is 55.6 Å². The van der Waals surface area contributed by atoms with Crippen molar-refractivity contribution in [3.05, 3.63) is 57.9 Å². The third-order valence-electron chi connectivity index (χ3n) is 6.78. The number of esters is 2. The number of hydrogen-bond donors (Lipinski definition) is 1. The number of H-pyrrole nitrogens is 1. The summed E-state index contributed by atoms with van der Waals surface area (Å²) in [6, 6.07) is 10.1. The van der Waals surface area contributed by atoms with Crippen molar-refractivity contribution in [2.45, 2.75) is 0 Å².